The minimum atomic E-state index is -0.138. The standard InChI is InChI=1S/C19H25N5O/c1-2-3-4-15-13-22-24-18(15)19(25)23-16-8-5-14(6-9-16)7-10-17-20-11-12-21-17/h5-6,8-9,13H,2-4,7,10-12H2,1H3,(H,20,21)(H,22,24)(H,23,25). The number of nitrogens with one attached hydrogen (secondary N) is 3. The van der Waals surface area contributed by atoms with Crippen LogP contribution >= 0.6 is 0 Å². The summed E-state index contributed by atoms with van der Waals surface area (Å²) in [5.74, 6) is 0.956. The predicted molar refractivity (Wildman–Crippen MR) is 100 cm³/mol. The number of benzene rings is 1. The molecule has 0 saturated carbocycles. The molecule has 0 bridgehead atoms. The Balaban J connectivity index is 1.55. The number of aromatic amines is 1. The molecule has 25 heavy (non-hydrogen) atoms. The molecule has 1 amide bonds. The van der Waals surface area contributed by atoms with Crippen LogP contribution in [-0.2, 0) is 12.8 Å². The second kappa shape index (κ2) is 8.46. The number of carbonyl (C=O) groups excluding carboxylic acids is 1. The van der Waals surface area contributed by atoms with Gasteiger partial charge in [0.05, 0.1) is 18.6 Å². The van der Waals surface area contributed by atoms with Gasteiger partial charge in [-0.25, -0.2) is 0 Å². The fraction of sp³-hybridized carbons (Fsp3) is 0.421. The summed E-state index contributed by atoms with van der Waals surface area (Å²) >= 11 is 0. The number of unbranched alkanes of at least 4 members (excludes halogenated alkanes) is 1. The van der Waals surface area contributed by atoms with Gasteiger partial charge >= 0.3 is 0 Å². The number of anilines is 1. The first kappa shape index (κ1) is 17.2. The first-order valence-electron chi connectivity index (χ1n) is 8.96. The third-order valence-corrected chi connectivity index (χ3v) is 4.35. The third-order valence-electron chi connectivity index (χ3n) is 4.35. The van der Waals surface area contributed by atoms with Gasteiger partial charge in [-0.15, -0.1) is 0 Å². The summed E-state index contributed by atoms with van der Waals surface area (Å²) < 4.78 is 0. The van der Waals surface area contributed by atoms with E-state index in [4.69, 9.17) is 0 Å². The highest BCUT2D eigenvalue weighted by Crippen LogP contribution is 2.15. The lowest BCUT2D eigenvalue weighted by molar-refractivity contribution is 0.102. The van der Waals surface area contributed by atoms with Crippen LogP contribution in [0.4, 0.5) is 5.69 Å². The summed E-state index contributed by atoms with van der Waals surface area (Å²) in [7, 11) is 0. The van der Waals surface area contributed by atoms with Gasteiger partial charge in [0.15, 0.2) is 0 Å². The summed E-state index contributed by atoms with van der Waals surface area (Å²) in [6.45, 7) is 3.97. The van der Waals surface area contributed by atoms with Crippen LogP contribution in [0.15, 0.2) is 35.5 Å². The number of aryl methyl sites for hydroxylation is 2. The largest absolute Gasteiger partial charge is 0.372 e. The summed E-state index contributed by atoms with van der Waals surface area (Å²) in [6.07, 6.45) is 6.63. The molecule has 132 valence electrons. The van der Waals surface area contributed by atoms with E-state index in [-0.39, 0.29) is 5.91 Å². The minimum absolute atomic E-state index is 0.138. The number of aliphatic imine (C=N–C) groups is 1. The van der Waals surface area contributed by atoms with E-state index < -0.39 is 0 Å². The Morgan fingerprint density at radius 3 is 2.76 bits per heavy atom. The molecule has 6 heteroatoms. The molecule has 1 aromatic carbocycles. The molecule has 0 unspecified atom stereocenters. The van der Waals surface area contributed by atoms with Gasteiger partial charge in [-0.2, -0.15) is 5.10 Å². The predicted octanol–water partition coefficient (Wildman–Crippen LogP) is 2.94. The van der Waals surface area contributed by atoms with Crippen molar-refractivity contribution in [3.63, 3.8) is 0 Å². The number of amidine groups is 1. The smallest absolute Gasteiger partial charge is 0.273 e. The fourth-order valence-electron chi connectivity index (χ4n) is 2.89. The van der Waals surface area contributed by atoms with Gasteiger partial charge < -0.3 is 10.6 Å². The molecule has 3 rings (SSSR count). The zero-order valence-electron chi connectivity index (χ0n) is 14.6. The van der Waals surface area contributed by atoms with Crippen molar-refractivity contribution in [1.82, 2.24) is 15.5 Å². The number of H-pyrrole nitrogens is 1. The van der Waals surface area contributed by atoms with Crippen molar-refractivity contribution in [3.8, 4) is 0 Å². The number of aromatic nitrogens is 2. The van der Waals surface area contributed by atoms with Crippen molar-refractivity contribution in [1.29, 1.82) is 0 Å². The molecular weight excluding hydrogens is 314 g/mol. The molecular formula is C19H25N5O. The van der Waals surface area contributed by atoms with Gasteiger partial charge in [-0.3, -0.25) is 14.9 Å². The number of hydrogen-bond acceptors (Lipinski definition) is 4. The summed E-state index contributed by atoms with van der Waals surface area (Å²) in [6, 6.07) is 7.99. The second-order valence-corrected chi connectivity index (χ2v) is 6.28. The van der Waals surface area contributed by atoms with Gasteiger partial charge in [0.1, 0.15) is 5.69 Å². The topological polar surface area (TPSA) is 82.2 Å². The van der Waals surface area contributed by atoms with Crippen LogP contribution in [0.5, 0.6) is 0 Å². The van der Waals surface area contributed by atoms with E-state index in [1.54, 1.807) is 6.20 Å². The van der Waals surface area contributed by atoms with Gasteiger partial charge in [0, 0.05) is 24.2 Å². The lowest BCUT2D eigenvalue weighted by atomic mass is 10.1. The monoisotopic (exact) mass is 339 g/mol. The first-order valence-corrected chi connectivity index (χ1v) is 8.96. The van der Waals surface area contributed by atoms with E-state index in [9.17, 15) is 4.79 Å². The highest BCUT2D eigenvalue weighted by molar-refractivity contribution is 6.03. The second-order valence-electron chi connectivity index (χ2n) is 6.28. The van der Waals surface area contributed by atoms with Crippen molar-refractivity contribution < 1.29 is 4.79 Å². The maximum absolute atomic E-state index is 12.4. The molecule has 1 aliphatic rings. The quantitative estimate of drug-likeness (QED) is 0.691. The molecule has 0 saturated heterocycles. The average molecular weight is 339 g/mol. The molecule has 1 aliphatic heterocycles. The van der Waals surface area contributed by atoms with Crippen molar-refractivity contribution in [2.75, 3.05) is 18.4 Å². The SMILES string of the molecule is CCCCc1cn[nH]c1C(=O)Nc1ccc(CCC2=NCCN2)cc1. The van der Waals surface area contributed by atoms with Crippen LogP contribution in [0.25, 0.3) is 0 Å². The average Bonchev–Trinajstić information content (AvgIpc) is 3.31. The lowest BCUT2D eigenvalue weighted by Crippen LogP contribution is -2.18. The van der Waals surface area contributed by atoms with E-state index >= 15 is 0 Å². The molecule has 6 nitrogen and oxygen atoms in total. The Morgan fingerprint density at radius 1 is 1.20 bits per heavy atom. The van der Waals surface area contributed by atoms with Gasteiger partial charge in [-0.05, 0) is 37.0 Å². The summed E-state index contributed by atoms with van der Waals surface area (Å²) in [5, 5.41) is 13.0. The molecule has 0 radical (unpaired) electrons. The Kier molecular flexibility index (Phi) is 5.82. The first-order chi connectivity index (χ1) is 12.3. The molecule has 3 N–H and O–H groups in total. The fourth-order valence-corrected chi connectivity index (χ4v) is 2.89. The van der Waals surface area contributed by atoms with Crippen LogP contribution in [0.2, 0.25) is 0 Å². The summed E-state index contributed by atoms with van der Waals surface area (Å²) in [5.41, 5.74) is 3.56. The zero-order chi connectivity index (χ0) is 17.5. The molecule has 0 fully saturated rings. The number of carbonyl (C=O) groups is 1. The van der Waals surface area contributed by atoms with E-state index in [1.165, 1.54) is 5.56 Å². The lowest BCUT2D eigenvalue weighted by Gasteiger charge is -2.07. The van der Waals surface area contributed by atoms with Crippen molar-refractivity contribution in [3.05, 3.63) is 47.3 Å². The van der Waals surface area contributed by atoms with E-state index in [0.717, 1.165) is 62.3 Å². The third kappa shape index (κ3) is 4.68. The van der Waals surface area contributed by atoms with Crippen LogP contribution in [0, 0.1) is 0 Å². The normalized spacial score (nSPS) is 13.4. The number of hydrogen-bond donors (Lipinski definition) is 3. The minimum Gasteiger partial charge on any atom is -0.372 e. The van der Waals surface area contributed by atoms with Gasteiger partial charge in [0.2, 0.25) is 0 Å². The molecule has 0 spiro atoms. The number of amides is 1. The Bertz CT molecular complexity index is 733. The van der Waals surface area contributed by atoms with E-state index in [2.05, 4.69) is 44.9 Å². The molecule has 1 aromatic heterocycles. The van der Waals surface area contributed by atoms with Crippen molar-refractivity contribution in [2.45, 2.75) is 39.0 Å². The van der Waals surface area contributed by atoms with Crippen LogP contribution in [0.3, 0.4) is 0 Å². The van der Waals surface area contributed by atoms with Gasteiger partial charge in [0.25, 0.3) is 5.91 Å². The molecule has 2 aromatic rings. The maximum atomic E-state index is 12.4. The number of nitrogens with zero attached hydrogens (tertiary/aromatic N) is 2. The van der Waals surface area contributed by atoms with Crippen molar-refractivity contribution in [2.24, 2.45) is 4.99 Å². The van der Waals surface area contributed by atoms with Crippen molar-refractivity contribution >= 4 is 17.4 Å². The zero-order valence-corrected chi connectivity index (χ0v) is 14.6. The Hall–Kier alpha value is -2.63. The van der Waals surface area contributed by atoms with E-state index in [1.807, 2.05) is 12.1 Å². The molecule has 0 aliphatic carbocycles. The summed E-state index contributed by atoms with van der Waals surface area (Å²) in [4.78, 5) is 16.8. The maximum Gasteiger partial charge on any atom is 0.273 e. The van der Waals surface area contributed by atoms with Gasteiger partial charge in [-0.1, -0.05) is 25.5 Å². The highest BCUT2D eigenvalue weighted by Gasteiger charge is 2.13. The molecule has 0 atom stereocenters. The van der Waals surface area contributed by atoms with Crippen LogP contribution in [0.1, 0.15) is 47.8 Å². The van der Waals surface area contributed by atoms with Crippen LogP contribution < -0.4 is 10.6 Å². The Morgan fingerprint density at radius 2 is 2.04 bits per heavy atom. The Labute approximate surface area is 148 Å². The van der Waals surface area contributed by atoms with Crippen LogP contribution in [-0.4, -0.2) is 35.0 Å². The highest BCUT2D eigenvalue weighted by atomic mass is 16.1. The van der Waals surface area contributed by atoms with E-state index in [0.29, 0.717) is 5.69 Å². The molecule has 2 heterocycles. The number of rotatable bonds is 8.